The van der Waals surface area contributed by atoms with Crippen LogP contribution in [0.3, 0.4) is 0 Å². The molecule has 4 heteroatoms. The van der Waals surface area contributed by atoms with Gasteiger partial charge in [0.25, 0.3) is 0 Å². The van der Waals surface area contributed by atoms with Gasteiger partial charge in [-0.1, -0.05) is 30.3 Å². The second-order valence-corrected chi connectivity index (χ2v) is 7.70. The summed E-state index contributed by atoms with van der Waals surface area (Å²) >= 11 is 0. The van der Waals surface area contributed by atoms with E-state index in [0.717, 1.165) is 48.8 Å². The smallest absolute Gasteiger partial charge is 0.140 e. The van der Waals surface area contributed by atoms with E-state index in [9.17, 15) is 0 Å². The van der Waals surface area contributed by atoms with E-state index < -0.39 is 0 Å². The van der Waals surface area contributed by atoms with Crippen LogP contribution < -0.4 is 9.64 Å². The molecule has 3 aromatic rings. The van der Waals surface area contributed by atoms with Crippen LogP contribution in [0.2, 0.25) is 0 Å². The molecule has 0 bridgehead atoms. The maximum Gasteiger partial charge on any atom is 0.140 e. The van der Waals surface area contributed by atoms with Crippen molar-refractivity contribution >= 4 is 16.7 Å². The number of benzene rings is 2. The first-order chi connectivity index (χ1) is 13.3. The number of nitrogens with zero attached hydrogens (tertiary/aromatic N) is 3. The average molecular weight is 359 g/mol. The fraction of sp³-hybridized carbons (Fsp3) is 0.391. The van der Waals surface area contributed by atoms with E-state index in [4.69, 9.17) is 14.7 Å². The molecule has 0 N–H and O–H groups in total. The Morgan fingerprint density at radius 1 is 0.852 bits per heavy atom. The molecule has 0 unspecified atom stereocenters. The van der Waals surface area contributed by atoms with E-state index in [-0.39, 0.29) is 0 Å². The molecule has 1 aromatic heterocycles. The Bertz CT molecular complexity index is 959. The van der Waals surface area contributed by atoms with Crippen LogP contribution >= 0.6 is 0 Å². The maximum atomic E-state index is 5.58. The summed E-state index contributed by atoms with van der Waals surface area (Å²) in [7, 11) is 1.76. The number of rotatable bonds is 4. The summed E-state index contributed by atoms with van der Waals surface area (Å²) in [6.07, 6.45) is 4.70. The van der Waals surface area contributed by atoms with E-state index >= 15 is 0 Å². The Hall–Kier alpha value is -2.62. The fourth-order valence-electron chi connectivity index (χ4n) is 4.25. The van der Waals surface area contributed by atoms with E-state index in [1.54, 1.807) is 7.11 Å². The minimum absolute atomic E-state index is 0.549. The monoisotopic (exact) mass is 359 g/mol. The molecule has 1 aliphatic heterocycles. The first-order valence-electron chi connectivity index (χ1n) is 9.98. The number of piperidine rings is 1. The zero-order valence-electron chi connectivity index (χ0n) is 15.8. The summed E-state index contributed by atoms with van der Waals surface area (Å²) in [4.78, 5) is 12.3. The predicted molar refractivity (Wildman–Crippen MR) is 109 cm³/mol. The molecule has 4 nitrogen and oxygen atoms in total. The highest BCUT2D eigenvalue weighted by Gasteiger charge is 2.29. The van der Waals surface area contributed by atoms with Crippen molar-refractivity contribution in [1.29, 1.82) is 0 Å². The first-order valence-corrected chi connectivity index (χ1v) is 9.98. The van der Waals surface area contributed by atoms with Gasteiger partial charge in [-0.05, 0) is 55.4 Å². The van der Waals surface area contributed by atoms with Gasteiger partial charge in [-0.25, -0.2) is 9.97 Å². The van der Waals surface area contributed by atoms with Crippen LogP contribution in [0.1, 0.15) is 48.9 Å². The zero-order valence-corrected chi connectivity index (χ0v) is 15.8. The normalized spacial score (nSPS) is 18.0. The highest BCUT2D eigenvalue weighted by atomic mass is 16.5. The fourth-order valence-corrected chi connectivity index (χ4v) is 4.25. The van der Waals surface area contributed by atoms with Crippen molar-refractivity contribution in [2.24, 2.45) is 0 Å². The van der Waals surface area contributed by atoms with Crippen molar-refractivity contribution in [2.45, 2.75) is 37.5 Å². The third kappa shape index (κ3) is 3.14. The largest absolute Gasteiger partial charge is 0.496 e. The Kier molecular flexibility index (Phi) is 4.19. The van der Waals surface area contributed by atoms with Crippen LogP contribution in [0, 0.1) is 0 Å². The summed E-state index contributed by atoms with van der Waals surface area (Å²) in [5.74, 6) is 4.30. The maximum absolute atomic E-state index is 5.58. The highest BCUT2D eigenvalue weighted by Crippen LogP contribution is 2.41. The van der Waals surface area contributed by atoms with Gasteiger partial charge in [0.05, 0.1) is 12.6 Å². The van der Waals surface area contributed by atoms with Gasteiger partial charge in [-0.15, -0.1) is 0 Å². The molecule has 1 saturated carbocycles. The van der Waals surface area contributed by atoms with Gasteiger partial charge in [0.1, 0.15) is 17.4 Å². The number of aromatic nitrogens is 2. The van der Waals surface area contributed by atoms with Crippen LogP contribution in [0.15, 0.2) is 48.5 Å². The molecule has 27 heavy (non-hydrogen) atoms. The van der Waals surface area contributed by atoms with E-state index in [1.165, 1.54) is 23.8 Å². The van der Waals surface area contributed by atoms with Crippen molar-refractivity contribution in [3.05, 3.63) is 59.9 Å². The molecule has 1 saturated heterocycles. The lowest BCUT2D eigenvalue weighted by Crippen LogP contribution is -2.34. The molecule has 0 spiro atoms. The molecule has 2 heterocycles. The van der Waals surface area contributed by atoms with Crippen molar-refractivity contribution in [2.75, 3.05) is 25.1 Å². The van der Waals surface area contributed by atoms with Gasteiger partial charge >= 0.3 is 0 Å². The Morgan fingerprint density at radius 3 is 2.37 bits per heavy atom. The molecule has 2 fully saturated rings. The van der Waals surface area contributed by atoms with Gasteiger partial charge < -0.3 is 9.64 Å². The quantitative estimate of drug-likeness (QED) is 0.664. The van der Waals surface area contributed by atoms with Crippen molar-refractivity contribution in [3.8, 4) is 5.75 Å². The Labute approximate surface area is 160 Å². The van der Waals surface area contributed by atoms with Gasteiger partial charge in [-0.3, -0.25) is 0 Å². The minimum atomic E-state index is 0.549. The van der Waals surface area contributed by atoms with E-state index in [1.807, 2.05) is 6.07 Å². The zero-order chi connectivity index (χ0) is 18.2. The molecule has 1 aliphatic carbocycles. The minimum Gasteiger partial charge on any atom is -0.496 e. The van der Waals surface area contributed by atoms with Crippen LogP contribution in [0.4, 0.5) is 5.82 Å². The number of anilines is 1. The first kappa shape index (κ1) is 16.5. The second-order valence-electron chi connectivity index (χ2n) is 7.70. The highest BCUT2D eigenvalue weighted by molar-refractivity contribution is 5.89. The molecule has 0 radical (unpaired) electrons. The van der Waals surface area contributed by atoms with Crippen molar-refractivity contribution in [1.82, 2.24) is 9.97 Å². The topological polar surface area (TPSA) is 38.2 Å². The molecule has 5 rings (SSSR count). The molecular weight excluding hydrogens is 334 g/mol. The number of fused-ring (bicyclic) bond motifs is 1. The molecule has 138 valence electrons. The number of para-hydroxylation sites is 2. The number of hydrogen-bond acceptors (Lipinski definition) is 4. The Balaban J connectivity index is 1.42. The summed E-state index contributed by atoms with van der Waals surface area (Å²) in [5, 5.41) is 1.18. The molecule has 2 aromatic carbocycles. The third-order valence-electron chi connectivity index (χ3n) is 5.92. The Morgan fingerprint density at radius 2 is 1.59 bits per heavy atom. The van der Waals surface area contributed by atoms with Crippen molar-refractivity contribution in [3.63, 3.8) is 0 Å². The third-order valence-corrected chi connectivity index (χ3v) is 5.92. The van der Waals surface area contributed by atoms with Gasteiger partial charge in [0.15, 0.2) is 0 Å². The molecule has 2 aliphatic rings. The lowest BCUT2D eigenvalue weighted by molar-refractivity contribution is 0.397. The summed E-state index contributed by atoms with van der Waals surface area (Å²) in [6, 6.07) is 16.9. The number of hydrogen-bond donors (Lipinski definition) is 0. The van der Waals surface area contributed by atoms with Crippen LogP contribution in [-0.2, 0) is 0 Å². The summed E-state index contributed by atoms with van der Waals surface area (Å²) in [5.41, 5.74) is 2.42. The van der Waals surface area contributed by atoms with Gasteiger partial charge in [0, 0.05) is 24.4 Å². The standard InChI is InChI=1S/C23H25N3O/c1-27-21-9-5-3-6-18(21)16-12-14-26(15-13-16)23-19-7-2-4-8-20(19)24-22(25-23)17-10-11-17/h2-9,16-17H,10-15H2,1H3. The number of ether oxygens (including phenoxy) is 1. The second kappa shape index (κ2) is 6.84. The van der Waals surface area contributed by atoms with Crippen molar-refractivity contribution < 1.29 is 4.74 Å². The molecule has 0 amide bonds. The predicted octanol–water partition coefficient (Wildman–Crippen LogP) is 4.90. The number of methoxy groups -OCH3 is 1. The lowest BCUT2D eigenvalue weighted by Gasteiger charge is -2.34. The average Bonchev–Trinajstić information content (AvgIpc) is 3.58. The molecule has 0 atom stereocenters. The summed E-state index contributed by atoms with van der Waals surface area (Å²) < 4.78 is 5.58. The van der Waals surface area contributed by atoms with E-state index in [2.05, 4.69) is 47.4 Å². The summed E-state index contributed by atoms with van der Waals surface area (Å²) in [6.45, 7) is 2.04. The van der Waals surface area contributed by atoms with E-state index in [0.29, 0.717) is 11.8 Å². The molecular formula is C23H25N3O. The van der Waals surface area contributed by atoms with Crippen LogP contribution in [0.25, 0.3) is 10.9 Å². The SMILES string of the molecule is COc1ccccc1C1CCN(c2nc(C3CC3)nc3ccccc23)CC1. The van der Waals surface area contributed by atoms with Gasteiger partial charge in [0.2, 0.25) is 0 Å². The van der Waals surface area contributed by atoms with Crippen LogP contribution in [0.5, 0.6) is 5.75 Å². The van der Waals surface area contributed by atoms with Crippen LogP contribution in [-0.4, -0.2) is 30.2 Å². The van der Waals surface area contributed by atoms with Gasteiger partial charge in [-0.2, -0.15) is 0 Å². The lowest BCUT2D eigenvalue weighted by atomic mass is 9.88.